The monoisotopic (exact) mass is 667 g/mol. The van der Waals surface area contributed by atoms with Crippen molar-refractivity contribution in [3.63, 3.8) is 0 Å². The summed E-state index contributed by atoms with van der Waals surface area (Å²) in [4.78, 5) is 82.8. The van der Waals surface area contributed by atoms with Gasteiger partial charge in [-0.05, 0) is 37.8 Å². The van der Waals surface area contributed by atoms with Gasteiger partial charge in [-0.3, -0.25) is 28.8 Å². The number of nitrogens with two attached hydrogens (primary N) is 1. The number of hydrogen-bond donors (Lipinski definition) is 6. The van der Waals surface area contributed by atoms with Crippen molar-refractivity contribution in [2.24, 2.45) is 32.3 Å². The largest absolute Gasteiger partial charge is 0.466 e. The van der Waals surface area contributed by atoms with Crippen LogP contribution in [0.1, 0.15) is 70.8 Å². The third-order valence-electron chi connectivity index (χ3n) is 7.67. The maximum atomic E-state index is 13.0. The molecule has 3 aromatic heterocycles. The summed E-state index contributed by atoms with van der Waals surface area (Å²) in [6, 6.07) is 1.47. The molecule has 0 radical (unpaired) electrons. The molecular weight excluding hydrogens is 626 g/mol. The Morgan fingerprint density at radius 3 is 1.94 bits per heavy atom. The molecule has 0 aliphatic heterocycles. The first kappa shape index (κ1) is 35.3. The minimum atomic E-state index is -0.533. The van der Waals surface area contributed by atoms with Gasteiger partial charge >= 0.3 is 5.97 Å². The van der Waals surface area contributed by atoms with E-state index in [2.05, 4.69) is 36.6 Å². The van der Waals surface area contributed by atoms with E-state index in [1.54, 1.807) is 34.3 Å². The molecule has 5 amide bonds. The second-order valence-electron chi connectivity index (χ2n) is 11.6. The van der Waals surface area contributed by atoms with Crippen molar-refractivity contribution < 1.29 is 33.5 Å². The van der Waals surface area contributed by atoms with Crippen LogP contribution in [0.2, 0.25) is 0 Å². The van der Waals surface area contributed by atoms with Gasteiger partial charge < -0.3 is 50.8 Å². The first-order chi connectivity index (χ1) is 22.8. The Morgan fingerprint density at radius 1 is 0.792 bits per heavy atom. The molecule has 0 spiro atoms. The van der Waals surface area contributed by atoms with Gasteiger partial charge in [0, 0.05) is 65.7 Å². The average molecular weight is 668 g/mol. The smallest absolute Gasteiger partial charge is 0.307 e. The van der Waals surface area contributed by atoms with E-state index in [4.69, 9.17) is 10.5 Å². The fourth-order valence-electron chi connectivity index (χ4n) is 4.85. The Bertz CT molecular complexity index is 1700. The van der Waals surface area contributed by atoms with Crippen molar-refractivity contribution in [2.75, 3.05) is 42.2 Å². The molecule has 0 bridgehead atoms. The molecule has 48 heavy (non-hydrogen) atoms. The lowest BCUT2D eigenvalue weighted by Gasteiger charge is -2.10. The minimum Gasteiger partial charge on any atom is -0.466 e. The van der Waals surface area contributed by atoms with Gasteiger partial charge in [0.25, 0.3) is 17.7 Å². The second kappa shape index (κ2) is 15.4. The summed E-state index contributed by atoms with van der Waals surface area (Å²) in [6.45, 7) is 2.47. The van der Waals surface area contributed by atoms with Gasteiger partial charge in [-0.25, -0.2) is 9.97 Å². The molecule has 1 fully saturated rings. The predicted molar refractivity (Wildman–Crippen MR) is 173 cm³/mol. The molecule has 3 heterocycles. The van der Waals surface area contributed by atoms with Gasteiger partial charge in [0.05, 0.1) is 18.7 Å². The third kappa shape index (κ3) is 9.27. The highest BCUT2D eigenvalue weighted by Crippen LogP contribution is 2.47. The summed E-state index contributed by atoms with van der Waals surface area (Å²) in [5.41, 5.74) is 6.18. The molecule has 18 nitrogen and oxygen atoms in total. The summed E-state index contributed by atoms with van der Waals surface area (Å²) in [5.74, 6) is -2.15. The van der Waals surface area contributed by atoms with Crippen molar-refractivity contribution in [1.82, 2.24) is 34.3 Å². The van der Waals surface area contributed by atoms with Crippen LogP contribution < -0.4 is 32.3 Å². The number of nitrogens with zero attached hydrogens (tertiary/aromatic N) is 5. The number of esters is 1. The van der Waals surface area contributed by atoms with Crippen LogP contribution >= 0.6 is 0 Å². The lowest BCUT2D eigenvalue weighted by atomic mass is 10.0. The summed E-state index contributed by atoms with van der Waals surface area (Å²) >= 11 is 0. The Hall–Kier alpha value is -5.52. The van der Waals surface area contributed by atoms with Crippen LogP contribution in [-0.4, -0.2) is 85.4 Å². The number of amides is 5. The first-order valence-corrected chi connectivity index (χ1v) is 15.4. The normalized spacial score (nSPS) is 12.9. The molecule has 1 saturated carbocycles. The quantitative estimate of drug-likeness (QED) is 0.114. The maximum absolute atomic E-state index is 13.0. The molecule has 0 atom stereocenters. The zero-order valence-corrected chi connectivity index (χ0v) is 27.3. The molecule has 3 aromatic rings. The zero-order valence-electron chi connectivity index (χ0n) is 27.3. The lowest BCUT2D eigenvalue weighted by Crippen LogP contribution is -2.29. The Morgan fingerprint density at radius 2 is 1.38 bits per heavy atom. The number of aryl methyl sites for hydroxylation is 3. The molecular formula is C30H41N11O7. The number of rotatable bonds is 16. The van der Waals surface area contributed by atoms with E-state index in [9.17, 15) is 28.8 Å². The summed E-state index contributed by atoms with van der Waals surface area (Å²) < 4.78 is 9.25. The molecule has 0 unspecified atom stereocenters. The molecule has 0 aromatic carbocycles. The van der Waals surface area contributed by atoms with E-state index >= 15 is 0 Å². The zero-order chi connectivity index (χ0) is 35.0. The molecule has 258 valence electrons. The second-order valence-corrected chi connectivity index (χ2v) is 11.6. The van der Waals surface area contributed by atoms with E-state index < -0.39 is 29.6 Å². The van der Waals surface area contributed by atoms with Crippen molar-refractivity contribution >= 4 is 52.8 Å². The average Bonchev–Trinajstić information content (AvgIpc) is 3.31. The van der Waals surface area contributed by atoms with E-state index in [-0.39, 0.29) is 72.8 Å². The number of imidazole rings is 2. The summed E-state index contributed by atoms with van der Waals surface area (Å²) in [5, 5.41) is 13.2. The first-order valence-electron chi connectivity index (χ1n) is 15.4. The fourth-order valence-corrected chi connectivity index (χ4v) is 4.85. The van der Waals surface area contributed by atoms with Crippen LogP contribution in [-0.2, 0) is 40.3 Å². The summed E-state index contributed by atoms with van der Waals surface area (Å²) in [7, 11) is 4.83. The third-order valence-corrected chi connectivity index (χ3v) is 7.67. The van der Waals surface area contributed by atoms with Gasteiger partial charge in [0.2, 0.25) is 23.5 Å². The van der Waals surface area contributed by atoms with Crippen molar-refractivity contribution in [3.05, 3.63) is 42.0 Å². The fraction of sp³-hybridized carbons (Fsp3) is 0.467. The highest BCUT2D eigenvalue weighted by Gasteiger charge is 2.43. The SMILES string of the molecule is CCOC(=O)CCNC(=O)c1nc(NC(=O)c2cc(NC(=O)CCNC(=O)c3nc(NC(=O)CC4(CN)CC4)cn3C)cn2C)cn1C. The Kier molecular flexibility index (Phi) is 11.3. The van der Waals surface area contributed by atoms with Gasteiger partial charge in [-0.2, -0.15) is 0 Å². The number of hydrogen-bond acceptors (Lipinski definition) is 10. The topological polar surface area (TPSA) is 238 Å². The highest BCUT2D eigenvalue weighted by molar-refractivity contribution is 6.04. The van der Waals surface area contributed by atoms with E-state index in [0.717, 1.165) is 12.8 Å². The highest BCUT2D eigenvalue weighted by atomic mass is 16.5. The van der Waals surface area contributed by atoms with E-state index in [1.807, 2.05) is 0 Å². The minimum absolute atomic E-state index is 0.0107. The van der Waals surface area contributed by atoms with E-state index in [0.29, 0.717) is 18.7 Å². The summed E-state index contributed by atoms with van der Waals surface area (Å²) in [6.07, 6.45) is 6.64. The molecule has 1 aliphatic rings. The molecule has 4 rings (SSSR count). The molecule has 18 heteroatoms. The van der Waals surface area contributed by atoms with Gasteiger partial charge in [0.1, 0.15) is 5.69 Å². The number of anilines is 3. The van der Waals surface area contributed by atoms with Crippen LogP contribution in [0.3, 0.4) is 0 Å². The van der Waals surface area contributed by atoms with Gasteiger partial charge in [-0.15, -0.1) is 0 Å². The molecule has 0 saturated heterocycles. The van der Waals surface area contributed by atoms with Crippen LogP contribution in [0.5, 0.6) is 0 Å². The van der Waals surface area contributed by atoms with Crippen LogP contribution in [0.4, 0.5) is 17.3 Å². The van der Waals surface area contributed by atoms with Crippen LogP contribution in [0, 0.1) is 5.41 Å². The Balaban J connectivity index is 1.22. The number of ether oxygens (including phenoxy) is 1. The van der Waals surface area contributed by atoms with Crippen LogP contribution in [0.15, 0.2) is 24.7 Å². The standard InChI is InChI=1S/C30H41N11O7/c1-5-48-24(44)7-11-33-29(47)26-37-21(16-41(26)4)38-27(45)19-12-18(14-39(19)2)34-22(42)6-10-32-28(46)25-36-20(15-40(25)3)35-23(43)13-30(17-31)8-9-30/h12,14-16H,5-11,13,17,31H2,1-4H3,(H,32,46)(H,33,47)(H,34,42)(H,35,43)(H,38,45). The van der Waals surface area contributed by atoms with Gasteiger partial charge in [-0.1, -0.05) is 0 Å². The van der Waals surface area contributed by atoms with E-state index in [1.165, 1.54) is 32.2 Å². The van der Waals surface area contributed by atoms with Crippen LogP contribution in [0.25, 0.3) is 0 Å². The van der Waals surface area contributed by atoms with Crippen molar-refractivity contribution in [3.8, 4) is 0 Å². The lowest BCUT2D eigenvalue weighted by molar-refractivity contribution is -0.142. The molecule has 1 aliphatic carbocycles. The predicted octanol–water partition coefficient (Wildman–Crippen LogP) is 0.254. The number of carbonyl (C=O) groups is 6. The maximum Gasteiger partial charge on any atom is 0.307 e. The number of nitrogens with one attached hydrogen (secondary N) is 5. The molecule has 7 N–H and O–H groups in total. The van der Waals surface area contributed by atoms with Crippen molar-refractivity contribution in [2.45, 2.75) is 39.0 Å². The number of aromatic nitrogens is 5. The van der Waals surface area contributed by atoms with Crippen molar-refractivity contribution in [1.29, 1.82) is 0 Å². The Labute approximate surface area is 276 Å². The van der Waals surface area contributed by atoms with Gasteiger partial charge in [0.15, 0.2) is 11.6 Å². The number of carbonyl (C=O) groups excluding carboxylic acids is 6.